The largest absolute Gasteiger partial charge is 0.0622 e. The first-order valence-corrected chi connectivity index (χ1v) is 7.12. The highest BCUT2D eigenvalue weighted by atomic mass is 79.9. The van der Waals surface area contributed by atoms with E-state index in [0.29, 0.717) is 0 Å². The Hall–Kier alpha value is -1.86. The minimum absolute atomic E-state index is 1.15. The SMILES string of the molecule is Brc1cc2cc(c1)-c1c(-c3ccccc3)cccc1-2. The average Bonchev–Trinajstić information content (AvgIpc) is 2.72. The zero-order valence-electron chi connectivity index (χ0n) is 10.2. The molecule has 0 unspecified atom stereocenters. The van der Waals surface area contributed by atoms with Crippen LogP contribution in [0.2, 0.25) is 0 Å². The summed E-state index contributed by atoms with van der Waals surface area (Å²) < 4.78 is 1.15. The molecule has 0 saturated heterocycles. The summed E-state index contributed by atoms with van der Waals surface area (Å²) in [5.74, 6) is 0. The van der Waals surface area contributed by atoms with Gasteiger partial charge in [0.15, 0.2) is 0 Å². The van der Waals surface area contributed by atoms with Gasteiger partial charge >= 0.3 is 0 Å². The van der Waals surface area contributed by atoms with Crippen LogP contribution in [0.25, 0.3) is 33.4 Å². The Morgan fingerprint density at radius 2 is 1.26 bits per heavy atom. The minimum atomic E-state index is 1.15. The van der Waals surface area contributed by atoms with Gasteiger partial charge in [-0.1, -0.05) is 64.5 Å². The molecule has 1 aliphatic rings. The van der Waals surface area contributed by atoms with Crippen LogP contribution in [0.4, 0.5) is 0 Å². The molecule has 0 amide bonds. The van der Waals surface area contributed by atoms with Crippen LogP contribution < -0.4 is 0 Å². The zero-order chi connectivity index (χ0) is 12.8. The van der Waals surface area contributed by atoms with Crippen molar-refractivity contribution in [3.63, 3.8) is 0 Å². The topological polar surface area (TPSA) is 0 Å². The van der Waals surface area contributed by atoms with Crippen LogP contribution in [0.5, 0.6) is 0 Å². The molecule has 19 heavy (non-hydrogen) atoms. The van der Waals surface area contributed by atoms with Crippen LogP contribution in [-0.2, 0) is 0 Å². The van der Waals surface area contributed by atoms with E-state index < -0.39 is 0 Å². The van der Waals surface area contributed by atoms with Crippen LogP contribution in [-0.4, -0.2) is 0 Å². The van der Waals surface area contributed by atoms with E-state index in [1.54, 1.807) is 0 Å². The molecule has 0 atom stereocenters. The van der Waals surface area contributed by atoms with Gasteiger partial charge in [0.25, 0.3) is 0 Å². The van der Waals surface area contributed by atoms with E-state index >= 15 is 0 Å². The summed E-state index contributed by atoms with van der Waals surface area (Å²) in [5, 5.41) is 0. The van der Waals surface area contributed by atoms with Gasteiger partial charge in [-0.25, -0.2) is 0 Å². The van der Waals surface area contributed by atoms with Gasteiger partial charge in [0.1, 0.15) is 0 Å². The number of halogens is 1. The standard InChI is InChI=1S/C18H11Br/c19-15-10-13-9-14(11-15)18-16(7-4-8-17(13)18)12-5-2-1-3-6-12/h1-11H. The maximum atomic E-state index is 3.59. The van der Waals surface area contributed by atoms with Crippen LogP contribution in [0.1, 0.15) is 0 Å². The van der Waals surface area contributed by atoms with Crippen molar-refractivity contribution in [2.24, 2.45) is 0 Å². The van der Waals surface area contributed by atoms with Crippen LogP contribution in [0, 0.1) is 0 Å². The smallest absolute Gasteiger partial charge is 0.0187 e. The first kappa shape index (κ1) is 11.0. The molecule has 1 aliphatic carbocycles. The van der Waals surface area contributed by atoms with Crippen molar-refractivity contribution in [3.8, 4) is 33.4 Å². The normalized spacial score (nSPS) is 11.4. The van der Waals surface area contributed by atoms with E-state index in [4.69, 9.17) is 0 Å². The molecule has 90 valence electrons. The number of fused-ring (bicyclic) bond motifs is 5. The van der Waals surface area contributed by atoms with Gasteiger partial charge in [0.2, 0.25) is 0 Å². The molecule has 0 heterocycles. The van der Waals surface area contributed by atoms with Gasteiger partial charge in [-0.3, -0.25) is 0 Å². The number of hydrogen-bond acceptors (Lipinski definition) is 0. The Bertz CT molecular complexity index is 773. The molecule has 0 radical (unpaired) electrons. The molecule has 1 heteroatoms. The fourth-order valence-electron chi connectivity index (χ4n) is 2.85. The maximum absolute atomic E-state index is 3.59. The van der Waals surface area contributed by atoms with Crippen molar-refractivity contribution in [1.29, 1.82) is 0 Å². The monoisotopic (exact) mass is 306 g/mol. The van der Waals surface area contributed by atoms with Crippen molar-refractivity contribution in [3.05, 3.63) is 71.2 Å². The lowest BCUT2D eigenvalue weighted by atomic mass is 9.94. The first-order chi connectivity index (χ1) is 9.33. The van der Waals surface area contributed by atoms with Gasteiger partial charge in [-0.15, -0.1) is 0 Å². The van der Waals surface area contributed by atoms with Crippen molar-refractivity contribution >= 4 is 15.9 Å². The highest BCUT2D eigenvalue weighted by Crippen LogP contribution is 2.46. The summed E-state index contributed by atoms with van der Waals surface area (Å²) in [6.45, 7) is 0. The van der Waals surface area contributed by atoms with Gasteiger partial charge in [-0.2, -0.15) is 0 Å². The van der Waals surface area contributed by atoms with E-state index in [1.165, 1.54) is 33.4 Å². The van der Waals surface area contributed by atoms with Gasteiger partial charge in [-0.05, 0) is 51.6 Å². The summed E-state index contributed by atoms with van der Waals surface area (Å²) in [6.07, 6.45) is 0. The van der Waals surface area contributed by atoms with Crippen LogP contribution >= 0.6 is 15.9 Å². The molecular formula is C18H11Br. The number of rotatable bonds is 1. The molecule has 0 aromatic heterocycles. The molecule has 0 N–H and O–H groups in total. The van der Waals surface area contributed by atoms with E-state index in [-0.39, 0.29) is 0 Å². The minimum Gasteiger partial charge on any atom is -0.0622 e. The molecular weight excluding hydrogens is 296 g/mol. The molecule has 0 spiro atoms. The zero-order valence-corrected chi connectivity index (χ0v) is 11.8. The first-order valence-electron chi connectivity index (χ1n) is 6.33. The third kappa shape index (κ3) is 1.66. The molecule has 0 nitrogen and oxygen atoms in total. The van der Waals surface area contributed by atoms with Gasteiger partial charge in [0.05, 0.1) is 0 Å². The summed E-state index contributed by atoms with van der Waals surface area (Å²) >= 11 is 3.59. The molecule has 0 aliphatic heterocycles. The Balaban J connectivity index is 2.04. The van der Waals surface area contributed by atoms with Crippen molar-refractivity contribution in [2.45, 2.75) is 0 Å². The van der Waals surface area contributed by atoms with Crippen molar-refractivity contribution < 1.29 is 0 Å². The molecule has 3 aromatic carbocycles. The highest BCUT2D eigenvalue weighted by molar-refractivity contribution is 9.10. The van der Waals surface area contributed by atoms with Gasteiger partial charge < -0.3 is 0 Å². The van der Waals surface area contributed by atoms with Gasteiger partial charge in [0, 0.05) is 4.47 Å². The summed E-state index contributed by atoms with van der Waals surface area (Å²) in [5.41, 5.74) is 7.89. The maximum Gasteiger partial charge on any atom is 0.0187 e. The third-order valence-electron chi connectivity index (χ3n) is 3.65. The van der Waals surface area contributed by atoms with Crippen molar-refractivity contribution in [1.82, 2.24) is 0 Å². The average molecular weight is 307 g/mol. The lowest BCUT2D eigenvalue weighted by Crippen LogP contribution is -1.83. The van der Waals surface area contributed by atoms with E-state index in [0.717, 1.165) is 4.47 Å². The Labute approximate surface area is 120 Å². The molecule has 0 saturated carbocycles. The van der Waals surface area contributed by atoms with E-state index in [1.807, 2.05) is 0 Å². The lowest BCUT2D eigenvalue weighted by Gasteiger charge is -2.09. The van der Waals surface area contributed by atoms with Crippen LogP contribution in [0.15, 0.2) is 71.2 Å². The molecule has 0 fully saturated rings. The number of hydrogen-bond donors (Lipinski definition) is 0. The second-order valence-corrected chi connectivity index (χ2v) is 5.74. The predicted octanol–water partition coefficient (Wildman–Crippen LogP) is 5.76. The molecule has 2 bridgehead atoms. The third-order valence-corrected chi connectivity index (χ3v) is 4.10. The van der Waals surface area contributed by atoms with Crippen LogP contribution in [0.3, 0.4) is 0 Å². The summed E-state index contributed by atoms with van der Waals surface area (Å²) in [6, 6.07) is 23.8. The predicted molar refractivity (Wildman–Crippen MR) is 84.0 cm³/mol. The lowest BCUT2D eigenvalue weighted by molar-refractivity contribution is 1.62. The Kier molecular flexibility index (Phi) is 2.36. The van der Waals surface area contributed by atoms with E-state index in [2.05, 4.69) is 82.7 Å². The Morgan fingerprint density at radius 3 is 2.05 bits per heavy atom. The quantitative estimate of drug-likeness (QED) is 0.419. The Morgan fingerprint density at radius 1 is 0.579 bits per heavy atom. The molecule has 4 rings (SSSR count). The fraction of sp³-hybridized carbons (Fsp3) is 0. The van der Waals surface area contributed by atoms with E-state index in [9.17, 15) is 0 Å². The van der Waals surface area contributed by atoms with Crippen molar-refractivity contribution in [2.75, 3.05) is 0 Å². The summed E-state index contributed by atoms with van der Waals surface area (Å²) in [7, 11) is 0. The second-order valence-electron chi connectivity index (χ2n) is 4.82. The summed E-state index contributed by atoms with van der Waals surface area (Å²) in [4.78, 5) is 0. The molecule has 3 aromatic rings. The second kappa shape index (κ2) is 4.07. The highest BCUT2D eigenvalue weighted by Gasteiger charge is 2.20. The number of benzene rings is 3. The fourth-order valence-corrected chi connectivity index (χ4v) is 3.34.